The third-order valence-corrected chi connectivity index (χ3v) is 3.95. The van der Waals surface area contributed by atoms with Crippen molar-refractivity contribution < 1.29 is 10.2 Å². The quantitative estimate of drug-likeness (QED) is 0.526. The van der Waals surface area contributed by atoms with E-state index in [0.29, 0.717) is 11.6 Å². The molecule has 0 spiro atoms. The van der Waals surface area contributed by atoms with E-state index in [-0.39, 0.29) is 11.5 Å². The van der Waals surface area contributed by atoms with Gasteiger partial charge >= 0.3 is 0 Å². The van der Waals surface area contributed by atoms with E-state index in [1.165, 1.54) is 0 Å². The lowest BCUT2D eigenvalue weighted by atomic mass is 10.0. The van der Waals surface area contributed by atoms with Gasteiger partial charge in [0.1, 0.15) is 11.5 Å². The van der Waals surface area contributed by atoms with Gasteiger partial charge in [0.15, 0.2) is 11.6 Å². The second-order valence-electron chi connectivity index (χ2n) is 5.68. The Balaban J connectivity index is 1.61. The minimum atomic E-state index is 0.183. The molecule has 3 aromatic carbocycles. The van der Waals surface area contributed by atoms with Crippen LogP contribution in [0.4, 0.5) is 0 Å². The van der Waals surface area contributed by atoms with Crippen molar-refractivity contribution in [3.05, 3.63) is 72.8 Å². The van der Waals surface area contributed by atoms with E-state index in [0.717, 1.165) is 22.3 Å². The van der Waals surface area contributed by atoms with Crippen LogP contribution in [0.25, 0.3) is 33.9 Å². The van der Waals surface area contributed by atoms with Gasteiger partial charge in [-0.25, -0.2) is 4.98 Å². The number of benzene rings is 3. The molecule has 4 aromatic rings. The van der Waals surface area contributed by atoms with Crippen LogP contribution in [0, 0.1) is 0 Å². The summed E-state index contributed by atoms with van der Waals surface area (Å²) in [6, 6.07) is 21.9. The number of nitrogens with zero attached hydrogens (tertiary/aromatic N) is 2. The normalized spacial score (nSPS) is 10.7. The second-order valence-corrected chi connectivity index (χ2v) is 5.68. The molecule has 122 valence electrons. The molecule has 0 saturated heterocycles. The van der Waals surface area contributed by atoms with Gasteiger partial charge in [0.25, 0.3) is 0 Å². The first-order chi connectivity index (χ1) is 12.2. The first-order valence-corrected chi connectivity index (χ1v) is 7.81. The van der Waals surface area contributed by atoms with Crippen molar-refractivity contribution >= 4 is 0 Å². The van der Waals surface area contributed by atoms with Crippen LogP contribution in [0.1, 0.15) is 0 Å². The van der Waals surface area contributed by atoms with Crippen LogP contribution in [0.3, 0.4) is 0 Å². The van der Waals surface area contributed by atoms with Crippen LogP contribution >= 0.6 is 0 Å². The monoisotopic (exact) mass is 329 g/mol. The number of hydrogen-bond donors (Lipinski definition) is 3. The molecule has 0 amide bonds. The average Bonchev–Trinajstić information content (AvgIpc) is 3.13. The third-order valence-electron chi connectivity index (χ3n) is 3.95. The lowest BCUT2D eigenvalue weighted by Crippen LogP contribution is -1.83. The number of H-pyrrole nitrogens is 1. The van der Waals surface area contributed by atoms with Gasteiger partial charge in [-0.2, -0.15) is 5.10 Å². The maximum absolute atomic E-state index is 9.57. The number of nitrogens with one attached hydrogen (secondary N) is 1. The zero-order valence-corrected chi connectivity index (χ0v) is 13.2. The Kier molecular flexibility index (Phi) is 3.67. The standard InChI is InChI=1S/C20H15N3O2/c24-17-10-8-14(9-11-17)13-4-6-15(7-5-13)19-21-20(23-22-19)16-2-1-3-18(25)12-16/h1-12,24-25H,(H,21,22,23). The van der Waals surface area contributed by atoms with Gasteiger partial charge in [-0.3, -0.25) is 5.10 Å². The molecule has 0 unspecified atom stereocenters. The van der Waals surface area contributed by atoms with E-state index in [9.17, 15) is 10.2 Å². The molecule has 5 heteroatoms. The fraction of sp³-hybridized carbons (Fsp3) is 0. The maximum atomic E-state index is 9.57. The topological polar surface area (TPSA) is 82.0 Å². The first-order valence-electron chi connectivity index (χ1n) is 7.81. The van der Waals surface area contributed by atoms with Crippen molar-refractivity contribution in [3.8, 4) is 45.4 Å². The van der Waals surface area contributed by atoms with Crippen molar-refractivity contribution in [3.63, 3.8) is 0 Å². The molecule has 0 aliphatic heterocycles. The smallest absolute Gasteiger partial charge is 0.181 e. The first kappa shape index (κ1) is 15.0. The number of aromatic amines is 1. The van der Waals surface area contributed by atoms with Crippen molar-refractivity contribution in [1.29, 1.82) is 0 Å². The van der Waals surface area contributed by atoms with E-state index in [1.807, 2.05) is 42.5 Å². The summed E-state index contributed by atoms with van der Waals surface area (Å²) >= 11 is 0. The zero-order chi connectivity index (χ0) is 17.2. The average molecular weight is 329 g/mol. The largest absolute Gasteiger partial charge is 0.508 e. The van der Waals surface area contributed by atoms with Crippen LogP contribution in [0.2, 0.25) is 0 Å². The molecular formula is C20H15N3O2. The van der Waals surface area contributed by atoms with Crippen LogP contribution in [-0.2, 0) is 0 Å². The highest BCUT2D eigenvalue weighted by atomic mass is 16.3. The van der Waals surface area contributed by atoms with Crippen molar-refractivity contribution in [2.75, 3.05) is 0 Å². The van der Waals surface area contributed by atoms with E-state index in [4.69, 9.17) is 0 Å². The van der Waals surface area contributed by atoms with Gasteiger partial charge in [-0.15, -0.1) is 0 Å². The fourth-order valence-corrected chi connectivity index (χ4v) is 2.64. The van der Waals surface area contributed by atoms with E-state index in [2.05, 4.69) is 15.2 Å². The Morgan fingerprint density at radius 2 is 1.28 bits per heavy atom. The molecule has 0 atom stereocenters. The van der Waals surface area contributed by atoms with Crippen molar-refractivity contribution in [2.45, 2.75) is 0 Å². The molecule has 1 aromatic heterocycles. The Morgan fingerprint density at radius 1 is 0.640 bits per heavy atom. The Bertz CT molecular complexity index is 1010. The molecule has 0 bridgehead atoms. The van der Waals surface area contributed by atoms with Crippen molar-refractivity contribution in [1.82, 2.24) is 15.2 Å². The minimum Gasteiger partial charge on any atom is -0.508 e. The van der Waals surface area contributed by atoms with Crippen LogP contribution in [0.5, 0.6) is 11.5 Å². The third kappa shape index (κ3) is 3.07. The number of phenols is 2. The van der Waals surface area contributed by atoms with Gasteiger partial charge in [-0.1, -0.05) is 48.5 Å². The van der Waals surface area contributed by atoms with Gasteiger partial charge < -0.3 is 10.2 Å². The number of hydrogen-bond acceptors (Lipinski definition) is 4. The number of aromatic nitrogens is 3. The lowest BCUT2D eigenvalue weighted by molar-refractivity contribution is 0.475. The highest BCUT2D eigenvalue weighted by Gasteiger charge is 2.08. The summed E-state index contributed by atoms with van der Waals surface area (Å²) in [5.74, 6) is 1.63. The number of aromatic hydroxyl groups is 2. The van der Waals surface area contributed by atoms with E-state index in [1.54, 1.807) is 30.3 Å². The molecule has 0 aliphatic carbocycles. The predicted octanol–water partition coefficient (Wildman–Crippen LogP) is 4.22. The lowest BCUT2D eigenvalue weighted by Gasteiger charge is -2.03. The highest BCUT2D eigenvalue weighted by molar-refractivity contribution is 5.69. The molecule has 25 heavy (non-hydrogen) atoms. The number of phenolic OH excluding ortho intramolecular Hbond substituents is 2. The predicted molar refractivity (Wildman–Crippen MR) is 96.0 cm³/mol. The molecule has 4 rings (SSSR count). The Labute approximate surface area is 144 Å². The Hall–Kier alpha value is -3.60. The second kappa shape index (κ2) is 6.13. The minimum absolute atomic E-state index is 0.183. The van der Waals surface area contributed by atoms with E-state index < -0.39 is 0 Å². The summed E-state index contributed by atoms with van der Waals surface area (Å²) in [4.78, 5) is 4.50. The van der Waals surface area contributed by atoms with Crippen LogP contribution in [-0.4, -0.2) is 25.4 Å². The summed E-state index contributed by atoms with van der Waals surface area (Å²) < 4.78 is 0. The summed E-state index contributed by atoms with van der Waals surface area (Å²) in [5, 5.41) is 26.1. The molecule has 0 fully saturated rings. The summed E-state index contributed by atoms with van der Waals surface area (Å²) in [6.07, 6.45) is 0. The van der Waals surface area contributed by atoms with Gasteiger partial charge in [-0.05, 0) is 35.4 Å². The van der Waals surface area contributed by atoms with Crippen molar-refractivity contribution in [2.24, 2.45) is 0 Å². The van der Waals surface area contributed by atoms with Gasteiger partial charge in [0.05, 0.1) is 0 Å². The zero-order valence-electron chi connectivity index (χ0n) is 13.2. The Morgan fingerprint density at radius 3 is 1.96 bits per heavy atom. The molecule has 0 aliphatic rings. The fourth-order valence-electron chi connectivity index (χ4n) is 2.64. The summed E-state index contributed by atoms with van der Waals surface area (Å²) in [7, 11) is 0. The van der Waals surface area contributed by atoms with Crippen LogP contribution in [0.15, 0.2) is 72.8 Å². The molecule has 1 heterocycles. The van der Waals surface area contributed by atoms with E-state index >= 15 is 0 Å². The summed E-state index contributed by atoms with van der Waals surface area (Å²) in [5.41, 5.74) is 3.75. The molecule has 0 saturated carbocycles. The molecule has 3 N–H and O–H groups in total. The number of rotatable bonds is 3. The molecule has 5 nitrogen and oxygen atoms in total. The molecular weight excluding hydrogens is 314 g/mol. The molecule has 0 radical (unpaired) electrons. The van der Waals surface area contributed by atoms with Gasteiger partial charge in [0.2, 0.25) is 0 Å². The SMILES string of the molecule is Oc1ccc(-c2ccc(-c3nc(-c4cccc(O)c4)n[nH]3)cc2)cc1. The highest BCUT2D eigenvalue weighted by Crippen LogP contribution is 2.26. The van der Waals surface area contributed by atoms with Gasteiger partial charge in [0, 0.05) is 11.1 Å². The van der Waals surface area contributed by atoms with Crippen LogP contribution < -0.4 is 0 Å². The maximum Gasteiger partial charge on any atom is 0.181 e. The summed E-state index contributed by atoms with van der Waals surface area (Å²) in [6.45, 7) is 0.